The van der Waals surface area contributed by atoms with Crippen molar-refractivity contribution in [3.63, 3.8) is 0 Å². The molecule has 3 nitrogen and oxygen atoms in total. The maximum Gasteiger partial charge on any atom is 0.153 e. The zero-order valence-corrected chi connectivity index (χ0v) is 40.4. The van der Waals surface area contributed by atoms with Gasteiger partial charge < -0.3 is 14.5 Å². The number of nitrogens with zero attached hydrogens (tertiary/aromatic N) is 2. The van der Waals surface area contributed by atoms with E-state index < -0.39 is 19.6 Å². The van der Waals surface area contributed by atoms with Crippen molar-refractivity contribution in [2.75, 3.05) is 9.80 Å². The van der Waals surface area contributed by atoms with Crippen molar-refractivity contribution >= 4 is 58.5 Å². The summed E-state index contributed by atoms with van der Waals surface area (Å²) in [5, 5.41) is 4.10. The van der Waals surface area contributed by atoms with Gasteiger partial charge in [-0.1, -0.05) is 200 Å². The van der Waals surface area contributed by atoms with Crippen LogP contribution >= 0.6 is 0 Å². The maximum atomic E-state index is 7.13. The van der Waals surface area contributed by atoms with E-state index in [1.807, 2.05) is 0 Å². The smallest absolute Gasteiger partial charge is 0.153 e. The molecule has 2 aliphatic carbocycles. The molecule has 0 radical (unpaired) electrons. The van der Waals surface area contributed by atoms with E-state index in [0.717, 1.165) is 22.9 Å². The molecule has 0 N–H and O–H groups in total. The fourth-order valence-electron chi connectivity index (χ4n) is 14.0. The fourth-order valence-corrected chi connectivity index (χ4v) is 17.8. The first kappa shape index (κ1) is 39.8. The van der Waals surface area contributed by atoms with Crippen LogP contribution in [0.1, 0.15) is 44.5 Å². The highest BCUT2D eigenvalue weighted by atomic mass is 28.3. The van der Waals surface area contributed by atoms with Gasteiger partial charge in [0.05, 0.1) is 10.8 Å². The molecule has 0 spiro atoms. The van der Waals surface area contributed by atoms with Crippen molar-refractivity contribution in [1.82, 2.24) is 0 Å². The summed E-state index contributed by atoms with van der Waals surface area (Å²) < 4.78 is 7.13. The summed E-state index contributed by atoms with van der Waals surface area (Å²) in [6, 6.07) is 97.6. The summed E-state index contributed by atoms with van der Waals surface area (Å²) >= 11 is 0. The van der Waals surface area contributed by atoms with Gasteiger partial charge in [0.2, 0.25) is 0 Å². The van der Waals surface area contributed by atoms with E-state index in [-0.39, 0.29) is 0 Å². The number of rotatable bonds is 6. The van der Waals surface area contributed by atoms with Crippen LogP contribution in [0.25, 0.3) is 22.3 Å². The van der Waals surface area contributed by atoms with Crippen molar-refractivity contribution in [3.8, 4) is 33.8 Å². The third-order valence-electron chi connectivity index (χ3n) is 16.6. The van der Waals surface area contributed by atoms with Crippen molar-refractivity contribution < 1.29 is 4.74 Å². The van der Waals surface area contributed by atoms with Gasteiger partial charge >= 0.3 is 0 Å². The van der Waals surface area contributed by atoms with Crippen molar-refractivity contribution in [2.24, 2.45) is 0 Å². The SMILES string of the molecule is c1ccc(C2(c3ccccc3)c3ccccc3-c3ccc(N4c5cccc6c5[SiH]5c7c(cccc7N(c7ccc8c(c7)C(c7ccccc7)(c7ccccc7)c7ccccc7-8)c7cccc4c75)O6)cc32)cc1. The summed E-state index contributed by atoms with van der Waals surface area (Å²) in [6.45, 7) is 0. The number of hydrogen-bond donors (Lipinski definition) is 0. The largest absolute Gasteiger partial charge is 0.457 e. The molecule has 11 aromatic carbocycles. The highest BCUT2D eigenvalue weighted by molar-refractivity contribution is 7.01. The molecular formula is C68H44N2OSi. The number of hydrogen-bond acceptors (Lipinski definition) is 3. The lowest BCUT2D eigenvalue weighted by Crippen LogP contribution is -2.63. The second kappa shape index (κ2) is 14.8. The van der Waals surface area contributed by atoms with Gasteiger partial charge in [-0.05, 0) is 133 Å². The number of anilines is 6. The molecule has 0 saturated carbocycles. The van der Waals surface area contributed by atoms with Crippen molar-refractivity contribution in [1.29, 1.82) is 0 Å². The Kier molecular flexibility index (Phi) is 8.18. The summed E-state index contributed by atoms with van der Waals surface area (Å²) in [4.78, 5) is 5.11. The standard InChI is InChI=1S/C68H44N2OSi/c1-5-20-44(21-6-1)67(45-22-7-2-8-23-45)54-30-15-13-28-50(54)52-40-38-48(42-56(52)67)69-58-32-17-33-59-64(58)72-65-60(69)34-18-36-62(65)71-63-37-19-35-61(66(63)72)70(59)49-39-41-53-51-29-14-16-31-55(51)68(57(53)43-49,46-24-9-3-10-25-46)47-26-11-4-12-27-47/h1-43,72H. The molecule has 0 unspecified atom stereocenters. The Labute approximate surface area is 420 Å². The van der Waals surface area contributed by atoms with E-state index in [1.54, 1.807) is 0 Å². The Hall–Kier alpha value is -8.96. The molecular weight excluding hydrogens is 889 g/mol. The van der Waals surface area contributed by atoms with Gasteiger partial charge in [0.25, 0.3) is 0 Å². The lowest BCUT2D eigenvalue weighted by Gasteiger charge is -2.47. The van der Waals surface area contributed by atoms with Crippen LogP contribution in [0.2, 0.25) is 0 Å². The first-order valence-corrected chi connectivity index (χ1v) is 26.9. The molecule has 0 atom stereocenters. The van der Waals surface area contributed by atoms with E-state index in [4.69, 9.17) is 4.74 Å². The Morgan fingerprint density at radius 1 is 0.278 bits per heavy atom. The van der Waals surface area contributed by atoms with Gasteiger partial charge in [0.15, 0.2) is 8.80 Å². The monoisotopic (exact) mass is 932 g/mol. The lowest BCUT2D eigenvalue weighted by atomic mass is 9.67. The van der Waals surface area contributed by atoms with Gasteiger partial charge in [-0.2, -0.15) is 0 Å². The second-order valence-electron chi connectivity index (χ2n) is 19.8. The van der Waals surface area contributed by atoms with Crippen LogP contribution in [0.15, 0.2) is 261 Å². The predicted molar refractivity (Wildman–Crippen MR) is 297 cm³/mol. The quantitative estimate of drug-likeness (QED) is 0.155. The van der Waals surface area contributed by atoms with Crippen molar-refractivity contribution in [2.45, 2.75) is 10.8 Å². The molecule has 5 aliphatic rings. The zero-order chi connectivity index (χ0) is 47.1. The molecule has 4 heteroatoms. The van der Waals surface area contributed by atoms with Crippen LogP contribution in [0.4, 0.5) is 34.1 Å². The van der Waals surface area contributed by atoms with Crippen LogP contribution in [-0.2, 0) is 10.8 Å². The highest BCUT2D eigenvalue weighted by Gasteiger charge is 2.51. The van der Waals surface area contributed by atoms with Crippen LogP contribution < -0.4 is 30.1 Å². The topological polar surface area (TPSA) is 15.7 Å². The third kappa shape index (κ3) is 5.03. The minimum Gasteiger partial charge on any atom is -0.457 e. The molecule has 0 saturated heterocycles. The molecule has 0 aromatic heterocycles. The second-order valence-corrected chi connectivity index (χ2v) is 22.4. The maximum absolute atomic E-state index is 7.13. The average molecular weight is 933 g/mol. The Balaban J connectivity index is 0.943. The van der Waals surface area contributed by atoms with Gasteiger partial charge in [-0.3, -0.25) is 0 Å². The lowest BCUT2D eigenvalue weighted by molar-refractivity contribution is 0.487. The average Bonchev–Trinajstić information content (AvgIpc) is 3.92. The number of ether oxygens (including phenoxy) is 1. The minimum atomic E-state index is -2.13. The number of fused-ring (bicyclic) bond motifs is 6. The molecule has 3 aliphatic heterocycles. The first-order chi connectivity index (χ1) is 35.7. The van der Waals surface area contributed by atoms with Gasteiger partial charge in [0, 0.05) is 44.5 Å². The van der Waals surface area contributed by atoms with E-state index >= 15 is 0 Å². The molecule has 11 aromatic rings. The Bertz CT molecular complexity index is 3700. The molecule has 0 fully saturated rings. The minimum absolute atomic E-state index is 0.528. The molecule has 72 heavy (non-hydrogen) atoms. The molecule has 336 valence electrons. The van der Waals surface area contributed by atoms with E-state index in [0.29, 0.717) is 0 Å². The zero-order valence-electron chi connectivity index (χ0n) is 39.2. The van der Waals surface area contributed by atoms with Gasteiger partial charge in [0.1, 0.15) is 11.5 Å². The molecule has 0 amide bonds. The van der Waals surface area contributed by atoms with Gasteiger partial charge in [-0.15, -0.1) is 0 Å². The van der Waals surface area contributed by atoms with Crippen LogP contribution in [0.5, 0.6) is 11.5 Å². The number of benzene rings is 11. The van der Waals surface area contributed by atoms with Crippen molar-refractivity contribution in [3.05, 3.63) is 305 Å². The molecule has 16 rings (SSSR count). The van der Waals surface area contributed by atoms with E-state index in [1.165, 1.54) is 105 Å². The highest BCUT2D eigenvalue weighted by Crippen LogP contribution is 2.60. The third-order valence-corrected chi connectivity index (χ3v) is 20.1. The van der Waals surface area contributed by atoms with E-state index in [9.17, 15) is 0 Å². The summed E-state index contributed by atoms with van der Waals surface area (Å²) in [6.07, 6.45) is 0. The first-order valence-electron chi connectivity index (χ1n) is 25.1. The Morgan fingerprint density at radius 3 is 1.01 bits per heavy atom. The van der Waals surface area contributed by atoms with Crippen LogP contribution in [-0.4, -0.2) is 8.80 Å². The van der Waals surface area contributed by atoms with Gasteiger partial charge in [-0.25, -0.2) is 0 Å². The molecule has 3 heterocycles. The Morgan fingerprint density at radius 2 is 0.611 bits per heavy atom. The van der Waals surface area contributed by atoms with Crippen LogP contribution in [0, 0.1) is 0 Å². The summed E-state index contributed by atoms with van der Waals surface area (Å²) in [5.74, 6) is 1.94. The van der Waals surface area contributed by atoms with E-state index in [2.05, 4.69) is 271 Å². The fraction of sp³-hybridized carbons (Fsp3) is 0.0294. The normalized spacial score (nSPS) is 15.2. The predicted octanol–water partition coefficient (Wildman–Crippen LogP) is 14.3. The summed E-state index contributed by atoms with van der Waals surface area (Å²) in [7, 11) is -2.13. The van der Waals surface area contributed by atoms with Crippen LogP contribution in [0.3, 0.4) is 0 Å². The summed E-state index contributed by atoms with van der Waals surface area (Å²) in [5.41, 5.74) is 21.4. The molecule has 0 bridgehead atoms.